The van der Waals surface area contributed by atoms with Gasteiger partial charge in [0, 0.05) is 11.0 Å². The van der Waals surface area contributed by atoms with E-state index in [1.165, 1.54) is 22.3 Å². The Hall–Kier alpha value is -0.470. The maximum absolute atomic E-state index is 10.2. The zero-order valence-electron chi connectivity index (χ0n) is 9.58. The maximum Gasteiger partial charge on any atom is 0.0806 e. The zero-order chi connectivity index (χ0) is 11.0. The Morgan fingerprint density at radius 3 is 2.80 bits per heavy atom. The lowest BCUT2D eigenvalue weighted by Gasteiger charge is -2.16. The van der Waals surface area contributed by atoms with E-state index in [0.29, 0.717) is 5.25 Å². The molecule has 1 aliphatic rings. The van der Waals surface area contributed by atoms with E-state index >= 15 is 0 Å². The summed E-state index contributed by atoms with van der Waals surface area (Å²) in [6, 6.07) is 4.39. The fraction of sp³-hybridized carbons (Fsp3) is 0.538. The molecule has 0 fully saturated rings. The second-order valence-corrected chi connectivity index (χ2v) is 5.95. The lowest BCUT2D eigenvalue weighted by Crippen LogP contribution is -2.05. The van der Waals surface area contributed by atoms with Crippen LogP contribution in [0.3, 0.4) is 0 Å². The molecular formula is C13H18OS. The molecular weight excluding hydrogens is 204 g/mol. The number of benzene rings is 1. The van der Waals surface area contributed by atoms with Gasteiger partial charge in [0.25, 0.3) is 0 Å². The van der Waals surface area contributed by atoms with Crippen molar-refractivity contribution in [2.75, 3.05) is 0 Å². The minimum absolute atomic E-state index is 0.273. The van der Waals surface area contributed by atoms with E-state index in [4.69, 9.17) is 0 Å². The van der Waals surface area contributed by atoms with Gasteiger partial charge in [0.05, 0.1) is 6.10 Å². The second-order valence-electron chi connectivity index (χ2n) is 4.53. The summed E-state index contributed by atoms with van der Waals surface area (Å²) < 4.78 is 0. The molecule has 2 heteroatoms. The maximum atomic E-state index is 10.2. The van der Waals surface area contributed by atoms with Gasteiger partial charge in [-0.2, -0.15) is 11.8 Å². The molecule has 15 heavy (non-hydrogen) atoms. The Morgan fingerprint density at radius 2 is 2.07 bits per heavy atom. The third-order valence-electron chi connectivity index (χ3n) is 3.03. The Labute approximate surface area is 95.9 Å². The van der Waals surface area contributed by atoms with Crippen LogP contribution in [-0.2, 0) is 5.75 Å². The van der Waals surface area contributed by atoms with Gasteiger partial charge in [-0.15, -0.1) is 0 Å². The second kappa shape index (κ2) is 4.18. The van der Waals surface area contributed by atoms with Crippen LogP contribution >= 0.6 is 11.8 Å². The van der Waals surface area contributed by atoms with E-state index in [9.17, 15) is 5.11 Å². The van der Waals surface area contributed by atoms with E-state index in [2.05, 4.69) is 32.9 Å². The minimum atomic E-state index is -0.273. The third-order valence-corrected chi connectivity index (χ3v) is 4.27. The number of aliphatic hydroxyl groups excluding tert-OH is 1. The molecule has 0 bridgehead atoms. The van der Waals surface area contributed by atoms with Crippen molar-refractivity contribution in [2.45, 2.75) is 44.3 Å². The van der Waals surface area contributed by atoms with Crippen LogP contribution in [0.5, 0.6) is 0 Å². The van der Waals surface area contributed by atoms with Crippen molar-refractivity contribution in [1.82, 2.24) is 0 Å². The molecule has 1 aliphatic heterocycles. The SMILES string of the molecule is Cc1cc(C)c2c(c1)CSC(C)C[C@@H]2O. The number of fused-ring (bicyclic) bond motifs is 1. The fourth-order valence-corrected chi connectivity index (χ4v) is 3.42. The first-order chi connectivity index (χ1) is 7.08. The van der Waals surface area contributed by atoms with Crippen molar-refractivity contribution in [3.63, 3.8) is 0 Å². The first kappa shape index (κ1) is 11.0. The highest BCUT2D eigenvalue weighted by Gasteiger charge is 2.22. The first-order valence-corrected chi connectivity index (χ1v) is 6.52. The summed E-state index contributed by atoms with van der Waals surface area (Å²) in [7, 11) is 0. The molecule has 1 heterocycles. The Morgan fingerprint density at radius 1 is 1.33 bits per heavy atom. The number of aryl methyl sites for hydroxylation is 2. The summed E-state index contributed by atoms with van der Waals surface area (Å²) in [5, 5.41) is 10.7. The molecule has 1 unspecified atom stereocenters. The van der Waals surface area contributed by atoms with Gasteiger partial charge in [0.2, 0.25) is 0 Å². The molecule has 0 amide bonds. The highest BCUT2D eigenvalue weighted by molar-refractivity contribution is 7.99. The number of aliphatic hydroxyl groups is 1. The van der Waals surface area contributed by atoms with E-state index in [0.717, 1.165) is 12.2 Å². The highest BCUT2D eigenvalue weighted by Crippen LogP contribution is 2.36. The quantitative estimate of drug-likeness (QED) is 0.726. The van der Waals surface area contributed by atoms with Crippen LogP contribution in [-0.4, -0.2) is 10.4 Å². The topological polar surface area (TPSA) is 20.2 Å². The van der Waals surface area contributed by atoms with Gasteiger partial charge in [0.15, 0.2) is 0 Å². The largest absolute Gasteiger partial charge is 0.388 e. The summed E-state index contributed by atoms with van der Waals surface area (Å²) in [5.74, 6) is 1.04. The van der Waals surface area contributed by atoms with E-state index in [1.807, 2.05) is 11.8 Å². The van der Waals surface area contributed by atoms with Gasteiger partial charge in [0.1, 0.15) is 0 Å². The molecule has 82 valence electrons. The predicted molar refractivity (Wildman–Crippen MR) is 66.2 cm³/mol. The Balaban J connectivity index is 2.48. The Kier molecular flexibility index (Phi) is 3.08. The van der Waals surface area contributed by atoms with Gasteiger partial charge < -0.3 is 5.11 Å². The lowest BCUT2D eigenvalue weighted by atomic mass is 9.94. The predicted octanol–water partition coefficient (Wildman–Crippen LogP) is 3.36. The molecule has 2 atom stereocenters. The molecule has 2 rings (SSSR count). The van der Waals surface area contributed by atoms with Gasteiger partial charge in [-0.3, -0.25) is 0 Å². The molecule has 1 nitrogen and oxygen atoms in total. The number of hydrogen-bond acceptors (Lipinski definition) is 2. The average Bonchev–Trinajstić information content (AvgIpc) is 2.25. The van der Waals surface area contributed by atoms with Crippen LogP contribution in [0.2, 0.25) is 0 Å². The van der Waals surface area contributed by atoms with Crippen molar-refractivity contribution < 1.29 is 5.11 Å². The smallest absolute Gasteiger partial charge is 0.0806 e. The van der Waals surface area contributed by atoms with Gasteiger partial charge >= 0.3 is 0 Å². The van der Waals surface area contributed by atoms with E-state index < -0.39 is 0 Å². The summed E-state index contributed by atoms with van der Waals surface area (Å²) in [6.45, 7) is 6.43. The van der Waals surface area contributed by atoms with Crippen molar-refractivity contribution in [3.05, 3.63) is 34.4 Å². The Bertz CT molecular complexity index is 373. The van der Waals surface area contributed by atoms with Crippen LogP contribution in [0.15, 0.2) is 12.1 Å². The van der Waals surface area contributed by atoms with Crippen molar-refractivity contribution >= 4 is 11.8 Å². The monoisotopic (exact) mass is 222 g/mol. The lowest BCUT2D eigenvalue weighted by molar-refractivity contribution is 0.167. The van der Waals surface area contributed by atoms with Crippen LogP contribution in [0.25, 0.3) is 0 Å². The normalized spacial score (nSPS) is 25.9. The summed E-state index contributed by atoms with van der Waals surface area (Å²) in [4.78, 5) is 0. The fourth-order valence-electron chi connectivity index (χ4n) is 2.40. The molecule has 0 spiro atoms. The summed E-state index contributed by atoms with van der Waals surface area (Å²) in [6.07, 6.45) is 0.604. The molecule has 1 N–H and O–H groups in total. The molecule has 0 saturated heterocycles. The molecule has 0 radical (unpaired) electrons. The molecule has 1 aromatic rings. The third kappa shape index (κ3) is 2.21. The van der Waals surface area contributed by atoms with Crippen molar-refractivity contribution in [1.29, 1.82) is 0 Å². The summed E-state index contributed by atoms with van der Waals surface area (Å²) >= 11 is 1.94. The van der Waals surface area contributed by atoms with E-state index in [-0.39, 0.29) is 6.10 Å². The standard InChI is InChI=1S/C13H18OS/c1-8-4-9(2)13-11(5-8)7-15-10(3)6-12(13)14/h4-5,10,12,14H,6-7H2,1-3H3/t10?,12-/m0/s1. The number of rotatable bonds is 0. The zero-order valence-corrected chi connectivity index (χ0v) is 10.4. The number of hydrogen-bond donors (Lipinski definition) is 1. The van der Waals surface area contributed by atoms with Crippen LogP contribution in [0.1, 0.15) is 41.7 Å². The van der Waals surface area contributed by atoms with Gasteiger partial charge in [-0.1, -0.05) is 24.6 Å². The molecule has 1 aromatic carbocycles. The molecule has 0 aliphatic carbocycles. The van der Waals surface area contributed by atoms with Gasteiger partial charge in [-0.05, 0) is 37.0 Å². The molecule has 0 aromatic heterocycles. The van der Waals surface area contributed by atoms with E-state index in [1.54, 1.807) is 0 Å². The van der Waals surface area contributed by atoms with Crippen molar-refractivity contribution in [2.24, 2.45) is 0 Å². The van der Waals surface area contributed by atoms with Crippen LogP contribution in [0.4, 0.5) is 0 Å². The van der Waals surface area contributed by atoms with Gasteiger partial charge in [-0.25, -0.2) is 0 Å². The number of thioether (sulfide) groups is 1. The minimum Gasteiger partial charge on any atom is -0.388 e. The summed E-state index contributed by atoms with van der Waals surface area (Å²) in [5.41, 5.74) is 5.05. The van der Waals surface area contributed by atoms with Crippen LogP contribution < -0.4 is 0 Å². The molecule has 0 saturated carbocycles. The highest BCUT2D eigenvalue weighted by atomic mass is 32.2. The van der Waals surface area contributed by atoms with Crippen LogP contribution in [0, 0.1) is 13.8 Å². The van der Waals surface area contributed by atoms with Crippen molar-refractivity contribution in [3.8, 4) is 0 Å². The first-order valence-electron chi connectivity index (χ1n) is 5.47. The average molecular weight is 222 g/mol.